The molecule has 1 N–H and O–H groups in total. The van der Waals surface area contributed by atoms with E-state index >= 15 is 0 Å². The minimum Gasteiger partial charge on any atom is -0.481 e. The second kappa shape index (κ2) is 8.84. The van der Waals surface area contributed by atoms with Gasteiger partial charge in [-0.15, -0.1) is 0 Å². The molecule has 0 unspecified atom stereocenters. The van der Waals surface area contributed by atoms with Gasteiger partial charge < -0.3 is 24.3 Å². The number of hydrogen-bond donors (Lipinski definition) is 1. The fourth-order valence-electron chi connectivity index (χ4n) is 4.57. The number of rotatable bonds is 8. The van der Waals surface area contributed by atoms with E-state index in [9.17, 15) is 4.79 Å². The average Bonchev–Trinajstić information content (AvgIpc) is 3.46. The summed E-state index contributed by atoms with van der Waals surface area (Å²) in [5, 5.41) is 3.48. The van der Waals surface area contributed by atoms with Gasteiger partial charge in [-0.25, -0.2) is 9.97 Å². The Bertz CT molecular complexity index is 1160. The molecule has 2 fully saturated rings. The van der Waals surface area contributed by atoms with Gasteiger partial charge in [0.2, 0.25) is 5.88 Å². The standard InChI is InChI=1S/C23H28N6O3/c1-3-7-32-8-6-28-20-10-18(15-4-5-21(31-2)26-11-15)25-13-19(20)27-22(23(28)30)29-14-16-9-17(29)12-24-16/h4-5,10-11,13,16-17,24H,3,6-9,12,14H2,1-2H3/t16-,17-/m0/s1. The van der Waals surface area contributed by atoms with Crippen LogP contribution in [0.15, 0.2) is 35.4 Å². The fourth-order valence-corrected chi connectivity index (χ4v) is 4.57. The van der Waals surface area contributed by atoms with Crippen LogP contribution in [0.3, 0.4) is 0 Å². The number of methoxy groups -OCH3 is 1. The molecule has 168 valence electrons. The van der Waals surface area contributed by atoms with Crippen molar-refractivity contribution in [2.24, 2.45) is 0 Å². The second-order valence-corrected chi connectivity index (χ2v) is 8.30. The molecule has 5 heterocycles. The maximum Gasteiger partial charge on any atom is 0.294 e. The van der Waals surface area contributed by atoms with E-state index < -0.39 is 0 Å². The number of nitrogens with one attached hydrogen (secondary N) is 1. The zero-order valence-electron chi connectivity index (χ0n) is 18.5. The molecule has 2 bridgehead atoms. The molecular formula is C23H28N6O3. The number of hydrogen-bond acceptors (Lipinski definition) is 8. The Hall–Kier alpha value is -3.04. The largest absolute Gasteiger partial charge is 0.481 e. The maximum absolute atomic E-state index is 13.6. The van der Waals surface area contributed by atoms with Crippen molar-refractivity contribution in [3.8, 4) is 17.1 Å². The first-order chi connectivity index (χ1) is 15.7. The van der Waals surface area contributed by atoms with Gasteiger partial charge in [-0.1, -0.05) is 6.92 Å². The Morgan fingerprint density at radius 2 is 2.12 bits per heavy atom. The second-order valence-electron chi connectivity index (χ2n) is 8.30. The molecular weight excluding hydrogens is 408 g/mol. The molecule has 0 radical (unpaired) electrons. The first-order valence-electron chi connectivity index (χ1n) is 11.2. The van der Waals surface area contributed by atoms with Crippen LogP contribution in [-0.4, -0.2) is 65.0 Å². The first kappa shape index (κ1) is 20.8. The molecule has 32 heavy (non-hydrogen) atoms. The summed E-state index contributed by atoms with van der Waals surface area (Å²) in [7, 11) is 1.58. The van der Waals surface area contributed by atoms with Crippen LogP contribution in [0, 0.1) is 0 Å². The van der Waals surface area contributed by atoms with Gasteiger partial charge in [0.05, 0.1) is 31.1 Å². The lowest BCUT2D eigenvalue weighted by Gasteiger charge is -2.28. The maximum atomic E-state index is 13.6. The van der Waals surface area contributed by atoms with Gasteiger partial charge >= 0.3 is 0 Å². The third-order valence-corrected chi connectivity index (χ3v) is 6.19. The third kappa shape index (κ3) is 3.82. The van der Waals surface area contributed by atoms with Gasteiger partial charge in [0.15, 0.2) is 5.82 Å². The minimum absolute atomic E-state index is 0.0739. The fraction of sp³-hybridized carbons (Fsp3) is 0.478. The zero-order chi connectivity index (χ0) is 22.1. The quantitative estimate of drug-likeness (QED) is 0.535. The summed E-state index contributed by atoms with van der Waals surface area (Å²) in [4.78, 5) is 29.4. The van der Waals surface area contributed by atoms with E-state index in [2.05, 4.69) is 27.1 Å². The van der Waals surface area contributed by atoms with Crippen molar-refractivity contribution < 1.29 is 9.47 Å². The topological polar surface area (TPSA) is 94.4 Å². The Labute approximate surface area is 186 Å². The van der Waals surface area contributed by atoms with Crippen molar-refractivity contribution in [2.75, 3.05) is 38.3 Å². The highest BCUT2D eigenvalue weighted by Gasteiger charge is 2.39. The molecule has 3 aromatic heterocycles. The molecule has 2 saturated heterocycles. The number of aromatic nitrogens is 4. The van der Waals surface area contributed by atoms with Crippen LogP contribution in [0.5, 0.6) is 5.88 Å². The summed E-state index contributed by atoms with van der Waals surface area (Å²) in [6.07, 6.45) is 5.46. The predicted molar refractivity (Wildman–Crippen MR) is 122 cm³/mol. The van der Waals surface area contributed by atoms with Crippen molar-refractivity contribution in [1.29, 1.82) is 0 Å². The van der Waals surface area contributed by atoms with Crippen molar-refractivity contribution in [2.45, 2.75) is 38.4 Å². The number of pyridine rings is 2. The van der Waals surface area contributed by atoms with Crippen LogP contribution >= 0.6 is 0 Å². The van der Waals surface area contributed by atoms with Crippen LogP contribution in [0.4, 0.5) is 5.82 Å². The predicted octanol–water partition coefficient (Wildman–Crippen LogP) is 1.84. The summed E-state index contributed by atoms with van der Waals surface area (Å²) < 4.78 is 12.6. The van der Waals surface area contributed by atoms with E-state index in [-0.39, 0.29) is 5.56 Å². The Morgan fingerprint density at radius 1 is 1.22 bits per heavy atom. The smallest absolute Gasteiger partial charge is 0.294 e. The van der Waals surface area contributed by atoms with Crippen LogP contribution in [0.1, 0.15) is 19.8 Å². The summed E-state index contributed by atoms with van der Waals surface area (Å²) in [6.45, 7) is 5.40. The number of fused-ring (bicyclic) bond motifs is 3. The molecule has 5 rings (SSSR count). The van der Waals surface area contributed by atoms with Crippen LogP contribution in [-0.2, 0) is 11.3 Å². The molecule has 0 amide bonds. The lowest BCUT2D eigenvalue weighted by molar-refractivity contribution is 0.127. The van der Waals surface area contributed by atoms with Crippen LogP contribution < -0.4 is 20.5 Å². The van der Waals surface area contributed by atoms with E-state index in [1.165, 1.54) is 0 Å². The first-order valence-corrected chi connectivity index (χ1v) is 11.2. The van der Waals surface area contributed by atoms with Gasteiger partial charge in [0.1, 0.15) is 5.52 Å². The highest BCUT2D eigenvalue weighted by atomic mass is 16.5. The van der Waals surface area contributed by atoms with Crippen molar-refractivity contribution in [3.63, 3.8) is 0 Å². The molecule has 3 aromatic rings. The summed E-state index contributed by atoms with van der Waals surface area (Å²) in [6, 6.07) is 6.36. The van der Waals surface area contributed by atoms with Gasteiger partial charge in [-0.3, -0.25) is 9.78 Å². The van der Waals surface area contributed by atoms with Crippen molar-refractivity contribution >= 4 is 16.9 Å². The van der Waals surface area contributed by atoms with Crippen molar-refractivity contribution in [3.05, 3.63) is 40.9 Å². The number of anilines is 1. The third-order valence-electron chi connectivity index (χ3n) is 6.19. The molecule has 9 nitrogen and oxygen atoms in total. The SMILES string of the molecule is CCCOCCn1c(=O)c(N2C[C@@H]3C[C@H]2CN3)nc2cnc(-c3ccc(OC)nc3)cc21. The van der Waals surface area contributed by atoms with E-state index in [1.807, 2.05) is 12.1 Å². The van der Waals surface area contributed by atoms with Crippen LogP contribution in [0.25, 0.3) is 22.3 Å². The highest BCUT2D eigenvalue weighted by molar-refractivity contribution is 5.80. The Kier molecular flexibility index (Phi) is 5.75. The molecule has 0 aliphatic carbocycles. The normalized spacial score (nSPS) is 19.8. The lowest BCUT2D eigenvalue weighted by atomic mass is 10.2. The number of ether oxygens (including phenoxy) is 2. The highest BCUT2D eigenvalue weighted by Crippen LogP contribution is 2.28. The van der Waals surface area contributed by atoms with Gasteiger partial charge in [-0.05, 0) is 25.0 Å². The van der Waals surface area contributed by atoms with E-state index in [1.54, 1.807) is 30.1 Å². The Morgan fingerprint density at radius 3 is 2.81 bits per heavy atom. The van der Waals surface area contributed by atoms with Gasteiger partial charge in [-0.2, -0.15) is 0 Å². The van der Waals surface area contributed by atoms with Gasteiger partial charge in [0.25, 0.3) is 5.56 Å². The minimum atomic E-state index is -0.0739. The molecule has 2 aliphatic heterocycles. The van der Waals surface area contributed by atoms with E-state index in [4.69, 9.17) is 14.5 Å². The Balaban J connectivity index is 1.57. The lowest BCUT2D eigenvalue weighted by Crippen LogP contribution is -2.46. The average molecular weight is 437 g/mol. The number of nitrogens with zero attached hydrogens (tertiary/aromatic N) is 5. The molecule has 2 atom stereocenters. The van der Waals surface area contributed by atoms with Gasteiger partial charge in [0, 0.05) is 56.2 Å². The molecule has 0 saturated carbocycles. The molecule has 2 aliphatic rings. The summed E-state index contributed by atoms with van der Waals surface area (Å²) in [5.41, 5.74) is 2.96. The molecule has 0 spiro atoms. The summed E-state index contributed by atoms with van der Waals surface area (Å²) in [5.74, 6) is 1.06. The van der Waals surface area contributed by atoms with E-state index in [0.29, 0.717) is 49.1 Å². The monoisotopic (exact) mass is 436 g/mol. The zero-order valence-corrected chi connectivity index (χ0v) is 18.5. The number of piperazine rings is 1. The van der Waals surface area contributed by atoms with E-state index in [0.717, 1.165) is 42.7 Å². The van der Waals surface area contributed by atoms with Crippen molar-refractivity contribution in [1.82, 2.24) is 24.8 Å². The summed E-state index contributed by atoms with van der Waals surface area (Å²) >= 11 is 0. The molecule has 9 heteroatoms. The van der Waals surface area contributed by atoms with Crippen LogP contribution in [0.2, 0.25) is 0 Å². The molecule has 0 aromatic carbocycles.